The monoisotopic (exact) mass is 287 g/mol. The van der Waals surface area contributed by atoms with Crippen molar-refractivity contribution in [1.29, 1.82) is 0 Å². The molecule has 2 rings (SSSR count). The summed E-state index contributed by atoms with van der Waals surface area (Å²) in [5.41, 5.74) is 1.91. The van der Waals surface area contributed by atoms with Gasteiger partial charge in [0.15, 0.2) is 0 Å². The second kappa shape index (κ2) is 7.24. The van der Waals surface area contributed by atoms with Gasteiger partial charge in [-0.2, -0.15) is 5.10 Å². The van der Waals surface area contributed by atoms with E-state index in [2.05, 4.69) is 24.3 Å². The molecule has 5 nitrogen and oxygen atoms in total. The van der Waals surface area contributed by atoms with Crippen LogP contribution in [-0.4, -0.2) is 42.2 Å². The van der Waals surface area contributed by atoms with Crippen LogP contribution in [0.2, 0.25) is 5.02 Å². The van der Waals surface area contributed by atoms with E-state index < -0.39 is 0 Å². The van der Waals surface area contributed by atoms with E-state index in [0.717, 1.165) is 49.1 Å². The van der Waals surface area contributed by atoms with E-state index in [9.17, 15) is 0 Å². The lowest BCUT2D eigenvalue weighted by atomic mass is 10.3. The Morgan fingerprint density at radius 3 is 3.00 bits per heavy atom. The van der Waals surface area contributed by atoms with Crippen LogP contribution in [0.5, 0.6) is 0 Å². The molecule has 1 N–H and O–H groups in total. The first-order valence-electron chi connectivity index (χ1n) is 6.90. The summed E-state index contributed by atoms with van der Waals surface area (Å²) in [4.78, 5) is 0. The molecule has 1 unspecified atom stereocenters. The van der Waals surface area contributed by atoms with Gasteiger partial charge in [-0.1, -0.05) is 18.5 Å². The number of aromatic nitrogens is 2. The summed E-state index contributed by atoms with van der Waals surface area (Å²) < 4.78 is 13.2. The number of rotatable bonds is 6. The van der Waals surface area contributed by atoms with Crippen LogP contribution in [0.3, 0.4) is 0 Å². The highest BCUT2D eigenvalue weighted by Crippen LogP contribution is 2.22. The Bertz CT molecular complexity index is 403. The molecule has 1 fully saturated rings. The minimum atomic E-state index is 0.135. The molecule has 1 aromatic rings. The van der Waals surface area contributed by atoms with Gasteiger partial charge in [-0.15, -0.1) is 0 Å². The molecule has 19 heavy (non-hydrogen) atoms. The largest absolute Gasteiger partial charge is 0.373 e. The highest BCUT2D eigenvalue weighted by molar-refractivity contribution is 6.31. The summed E-state index contributed by atoms with van der Waals surface area (Å²) in [5.74, 6) is 0. The Balaban J connectivity index is 1.89. The van der Waals surface area contributed by atoms with E-state index in [1.54, 1.807) is 0 Å². The normalized spacial score (nSPS) is 19.8. The van der Waals surface area contributed by atoms with Crippen LogP contribution in [0.25, 0.3) is 0 Å². The highest BCUT2D eigenvalue weighted by atomic mass is 35.5. The minimum absolute atomic E-state index is 0.135. The van der Waals surface area contributed by atoms with E-state index in [1.165, 1.54) is 0 Å². The molecule has 0 bridgehead atoms. The number of hydrogen-bond acceptors (Lipinski definition) is 4. The van der Waals surface area contributed by atoms with Crippen molar-refractivity contribution in [3.63, 3.8) is 0 Å². The van der Waals surface area contributed by atoms with Crippen molar-refractivity contribution in [2.75, 3.05) is 26.3 Å². The van der Waals surface area contributed by atoms with Crippen molar-refractivity contribution in [3.8, 4) is 0 Å². The van der Waals surface area contributed by atoms with Crippen LogP contribution in [0.15, 0.2) is 0 Å². The number of nitrogens with zero attached hydrogens (tertiary/aromatic N) is 2. The summed E-state index contributed by atoms with van der Waals surface area (Å²) in [6.07, 6.45) is 0.977. The Morgan fingerprint density at radius 1 is 1.53 bits per heavy atom. The molecule has 0 amide bonds. The molecule has 1 aliphatic heterocycles. The molecule has 0 spiro atoms. The second-order valence-electron chi connectivity index (χ2n) is 4.59. The molecule has 0 aliphatic carbocycles. The number of halogens is 1. The summed E-state index contributed by atoms with van der Waals surface area (Å²) >= 11 is 6.32. The van der Waals surface area contributed by atoms with Gasteiger partial charge in [0.05, 0.1) is 42.3 Å². The first kappa shape index (κ1) is 14.8. The van der Waals surface area contributed by atoms with Crippen LogP contribution >= 0.6 is 11.6 Å². The Morgan fingerprint density at radius 2 is 2.37 bits per heavy atom. The third kappa shape index (κ3) is 3.69. The maximum atomic E-state index is 6.32. The predicted molar refractivity (Wildman–Crippen MR) is 74.6 cm³/mol. The fraction of sp³-hybridized carbons (Fsp3) is 0.769. The molecule has 2 heterocycles. The van der Waals surface area contributed by atoms with Crippen LogP contribution in [0, 0.1) is 0 Å². The molecule has 108 valence electrons. The number of ether oxygens (including phenoxy) is 2. The van der Waals surface area contributed by atoms with Crippen molar-refractivity contribution in [2.24, 2.45) is 0 Å². The maximum Gasteiger partial charge on any atom is 0.0933 e. The lowest BCUT2D eigenvalue weighted by molar-refractivity contribution is -0.0368. The van der Waals surface area contributed by atoms with Gasteiger partial charge in [0.25, 0.3) is 0 Å². The van der Waals surface area contributed by atoms with Crippen molar-refractivity contribution < 1.29 is 9.47 Å². The van der Waals surface area contributed by atoms with Gasteiger partial charge >= 0.3 is 0 Å². The molecule has 6 heteroatoms. The SMILES string of the molecule is CCc1nn(CC)c(COCC2CNCCO2)c1Cl. The van der Waals surface area contributed by atoms with Crippen molar-refractivity contribution in [1.82, 2.24) is 15.1 Å². The molecular weight excluding hydrogens is 266 g/mol. The first-order valence-corrected chi connectivity index (χ1v) is 7.28. The van der Waals surface area contributed by atoms with E-state index in [-0.39, 0.29) is 6.10 Å². The molecule has 1 aromatic heterocycles. The lowest BCUT2D eigenvalue weighted by Gasteiger charge is -2.23. The van der Waals surface area contributed by atoms with Crippen LogP contribution < -0.4 is 5.32 Å². The molecule has 1 aliphatic rings. The smallest absolute Gasteiger partial charge is 0.0933 e. The summed E-state index contributed by atoms with van der Waals surface area (Å²) in [6.45, 7) is 8.51. The number of nitrogens with one attached hydrogen (secondary N) is 1. The first-order chi connectivity index (χ1) is 9.26. The fourth-order valence-electron chi connectivity index (χ4n) is 2.17. The Kier molecular flexibility index (Phi) is 5.63. The zero-order valence-corrected chi connectivity index (χ0v) is 12.4. The number of hydrogen-bond donors (Lipinski definition) is 1. The predicted octanol–water partition coefficient (Wildman–Crippen LogP) is 1.62. The van der Waals surface area contributed by atoms with Crippen LogP contribution in [0.1, 0.15) is 25.2 Å². The van der Waals surface area contributed by atoms with E-state index in [0.29, 0.717) is 13.2 Å². The van der Waals surface area contributed by atoms with Crippen LogP contribution in [-0.2, 0) is 29.0 Å². The highest BCUT2D eigenvalue weighted by Gasteiger charge is 2.17. The minimum Gasteiger partial charge on any atom is -0.373 e. The van der Waals surface area contributed by atoms with Crippen molar-refractivity contribution in [2.45, 2.75) is 39.5 Å². The van der Waals surface area contributed by atoms with Crippen molar-refractivity contribution in [3.05, 3.63) is 16.4 Å². The molecule has 0 saturated carbocycles. The summed E-state index contributed by atoms with van der Waals surface area (Å²) in [5, 5.41) is 8.50. The third-order valence-electron chi connectivity index (χ3n) is 3.24. The van der Waals surface area contributed by atoms with Gasteiger partial charge < -0.3 is 14.8 Å². The van der Waals surface area contributed by atoms with Gasteiger partial charge in [0.2, 0.25) is 0 Å². The Hall–Kier alpha value is -0.620. The quantitative estimate of drug-likeness (QED) is 0.864. The van der Waals surface area contributed by atoms with Gasteiger partial charge in [0, 0.05) is 19.6 Å². The second-order valence-corrected chi connectivity index (χ2v) is 4.97. The van der Waals surface area contributed by atoms with E-state index in [4.69, 9.17) is 21.1 Å². The maximum absolute atomic E-state index is 6.32. The zero-order chi connectivity index (χ0) is 13.7. The Labute approximate surface area is 119 Å². The van der Waals surface area contributed by atoms with Crippen LogP contribution in [0.4, 0.5) is 0 Å². The van der Waals surface area contributed by atoms with Gasteiger partial charge in [-0.25, -0.2) is 0 Å². The number of aryl methyl sites for hydroxylation is 2. The van der Waals surface area contributed by atoms with Gasteiger partial charge in [0.1, 0.15) is 0 Å². The van der Waals surface area contributed by atoms with Gasteiger partial charge in [-0.05, 0) is 13.3 Å². The third-order valence-corrected chi connectivity index (χ3v) is 3.68. The molecule has 1 saturated heterocycles. The lowest BCUT2D eigenvalue weighted by Crippen LogP contribution is -2.41. The molecule has 1 atom stereocenters. The van der Waals surface area contributed by atoms with E-state index >= 15 is 0 Å². The standard InChI is InChI=1S/C13H22ClN3O2/c1-3-11-13(14)12(17(4-2)16-11)9-18-8-10-7-15-5-6-19-10/h10,15H,3-9H2,1-2H3. The summed E-state index contributed by atoms with van der Waals surface area (Å²) in [6, 6.07) is 0. The summed E-state index contributed by atoms with van der Waals surface area (Å²) in [7, 11) is 0. The van der Waals surface area contributed by atoms with Crippen molar-refractivity contribution >= 4 is 11.6 Å². The number of morpholine rings is 1. The zero-order valence-electron chi connectivity index (χ0n) is 11.6. The topological polar surface area (TPSA) is 48.3 Å². The molecule has 0 radical (unpaired) electrons. The molecule has 0 aromatic carbocycles. The molecular formula is C13H22ClN3O2. The average molecular weight is 288 g/mol. The van der Waals surface area contributed by atoms with Gasteiger partial charge in [-0.3, -0.25) is 4.68 Å². The average Bonchev–Trinajstić information content (AvgIpc) is 2.76. The van der Waals surface area contributed by atoms with E-state index in [1.807, 2.05) is 4.68 Å². The fourth-order valence-corrected chi connectivity index (χ4v) is 2.49.